The largest absolute Gasteiger partial charge is 0.377 e. The topological polar surface area (TPSA) is 55.6 Å². The van der Waals surface area contributed by atoms with Gasteiger partial charge in [-0.3, -0.25) is 4.79 Å². The molecule has 1 saturated carbocycles. The Morgan fingerprint density at radius 2 is 2.25 bits per heavy atom. The van der Waals surface area contributed by atoms with Gasteiger partial charge in [-0.05, 0) is 25.7 Å². The second kappa shape index (κ2) is 5.49. The van der Waals surface area contributed by atoms with Gasteiger partial charge in [-0.15, -0.1) is 6.58 Å². The molecule has 20 heavy (non-hydrogen) atoms. The van der Waals surface area contributed by atoms with Gasteiger partial charge in [0.2, 0.25) is 5.91 Å². The highest BCUT2D eigenvalue weighted by atomic mass is 16.5. The smallest absolute Gasteiger partial charge is 0.243 e. The van der Waals surface area contributed by atoms with Gasteiger partial charge in [0.1, 0.15) is 5.54 Å². The number of hydrogen-bond acceptors (Lipinski definition) is 3. The van der Waals surface area contributed by atoms with Crippen molar-refractivity contribution < 1.29 is 9.53 Å². The Labute approximate surface area is 122 Å². The fourth-order valence-electron chi connectivity index (χ4n) is 3.90. The van der Waals surface area contributed by atoms with Crippen molar-refractivity contribution in [2.45, 2.75) is 51.2 Å². The molecule has 2 fully saturated rings. The van der Waals surface area contributed by atoms with Crippen LogP contribution >= 0.6 is 0 Å². The van der Waals surface area contributed by atoms with E-state index in [1.54, 1.807) is 4.90 Å². The molecule has 0 bridgehead atoms. The molecule has 1 heterocycles. The van der Waals surface area contributed by atoms with Crippen molar-refractivity contribution >= 4 is 5.91 Å². The monoisotopic (exact) mass is 280 g/mol. The summed E-state index contributed by atoms with van der Waals surface area (Å²) in [4.78, 5) is 14.6. The SMILES string of the molecule is C=CCCCN(C)C(=O)C1(N)C2CCCOC2C1(C)C. The molecule has 2 N–H and O–H groups in total. The predicted octanol–water partition coefficient (Wildman–Crippen LogP) is 1.94. The molecule has 4 heteroatoms. The van der Waals surface area contributed by atoms with E-state index >= 15 is 0 Å². The van der Waals surface area contributed by atoms with Crippen molar-refractivity contribution in [3.63, 3.8) is 0 Å². The fraction of sp³-hybridized carbons (Fsp3) is 0.812. The summed E-state index contributed by atoms with van der Waals surface area (Å²) in [5.74, 6) is 0.235. The first-order valence-corrected chi connectivity index (χ1v) is 7.64. The van der Waals surface area contributed by atoms with Crippen molar-refractivity contribution in [3.8, 4) is 0 Å². The van der Waals surface area contributed by atoms with Gasteiger partial charge in [0, 0.05) is 31.5 Å². The second-order valence-corrected chi connectivity index (χ2v) is 6.79. The number of rotatable bonds is 5. The van der Waals surface area contributed by atoms with Crippen LogP contribution in [0.5, 0.6) is 0 Å². The third-order valence-corrected chi connectivity index (χ3v) is 5.29. The Bertz CT molecular complexity index is 394. The summed E-state index contributed by atoms with van der Waals surface area (Å²) in [7, 11) is 1.85. The molecule has 1 saturated heterocycles. The van der Waals surface area contributed by atoms with E-state index in [-0.39, 0.29) is 23.3 Å². The molecule has 2 aliphatic rings. The number of nitrogens with zero attached hydrogens (tertiary/aromatic N) is 1. The minimum Gasteiger partial charge on any atom is -0.377 e. The lowest BCUT2D eigenvalue weighted by Crippen LogP contribution is -2.82. The van der Waals surface area contributed by atoms with E-state index in [2.05, 4.69) is 20.4 Å². The van der Waals surface area contributed by atoms with Crippen LogP contribution in [0.25, 0.3) is 0 Å². The Morgan fingerprint density at radius 1 is 1.55 bits per heavy atom. The molecule has 1 amide bonds. The summed E-state index contributed by atoms with van der Waals surface area (Å²) in [6, 6.07) is 0. The number of carbonyl (C=O) groups is 1. The van der Waals surface area contributed by atoms with Crippen LogP contribution in [0.4, 0.5) is 0 Å². The molecule has 4 nitrogen and oxygen atoms in total. The number of nitrogens with two attached hydrogens (primary N) is 1. The maximum Gasteiger partial charge on any atom is 0.243 e. The van der Waals surface area contributed by atoms with Gasteiger partial charge in [0.05, 0.1) is 6.10 Å². The van der Waals surface area contributed by atoms with E-state index in [0.717, 1.165) is 38.8 Å². The molecule has 1 aliphatic heterocycles. The lowest BCUT2D eigenvalue weighted by molar-refractivity contribution is -0.229. The number of ether oxygens (including phenoxy) is 1. The highest BCUT2D eigenvalue weighted by Crippen LogP contribution is 2.57. The first-order chi connectivity index (χ1) is 9.37. The third kappa shape index (κ3) is 2.09. The van der Waals surface area contributed by atoms with Crippen molar-refractivity contribution in [2.75, 3.05) is 20.2 Å². The summed E-state index contributed by atoms with van der Waals surface area (Å²) in [5, 5.41) is 0. The zero-order valence-electron chi connectivity index (χ0n) is 13.0. The van der Waals surface area contributed by atoms with Crippen LogP contribution in [0.15, 0.2) is 12.7 Å². The highest BCUT2D eigenvalue weighted by Gasteiger charge is 2.70. The molecule has 2 rings (SSSR count). The number of amides is 1. The van der Waals surface area contributed by atoms with Crippen LogP contribution in [0, 0.1) is 11.3 Å². The van der Waals surface area contributed by atoms with Gasteiger partial charge < -0.3 is 15.4 Å². The molecular formula is C16H28N2O2. The number of hydrogen-bond donors (Lipinski definition) is 1. The van der Waals surface area contributed by atoms with Gasteiger partial charge in [-0.2, -0.15) is 0 Å². The van der Waals surface area contributed by atoms with Crippen LogP contribution in [-0.2, 0) is 9.53 Å². The average molecular weight is 280 g/mol. The summed E-state index contributed by atoms with van der Waals surface area (Å²) >= 11 is 0. The van der Waals surface area contributed by atoms with Gasteiger partial charge in [0.15, 0.2) is 0 Å². The standard InChI is InChI=1S/C16H28N2O2/c1-5-6-7-10-18(4)14(19)16(17)12-9-8-11-20-13(12)15(16,2)3/h5,12-13H,1,6-11,17H2,2-4H3. The molecule has 114 valence electrons. The molecule has 0 aromatic carbocycles. The Balaban J connectivity index is 2.08. The van der Waals surface area contributed by atoms with E-state index < -0.39 is 5.54 Å². The van der Waals surface area contributed by atoms with Crippen molar-refractivity contribution in [1.29, 1.82) is 0 Å². The average Bonchev–Trinajstić information content (AvgIpc) is 2.45. The first kappa shape index (κ1) is 15.5. The van der Waals surface area contributed by atoms with E-state index in [1.807, 2.05) is 13.1 Å². The summed E-state index contributed by atoms with van der Waals surface area (Å²) < 4.78 is 5.85. The van der Waals surface area contributed by atoms with Crippen molar-refractivity contribution in [1.82, 2.24) is 4.90 Å². The van der Waals surface area contributed by atoms with Gasteiger partial charge in [-0.1, -0.05) is 19.9 Å². The van der Waals surface area contributed by atoms with Crippen LogP contribution in [0.1, 0.15) is 39.5 Å². The van der Waals surface area contributed by atoms with Crippen LogP contribution < -0.4 is 5.73 Å². The molecule has 1 aliphatic carbocycles. The molecule has 0 aromatic rings. The molecule has 0 aromatic heterocycles. The van der Waals surface area contributed by atoms with Gasteiger partial charge in [-0.25, -0.2) is 0 Å². The number of likely N-dealkylation sites (N-methyl/N-ethyl adjacent to an activating group) is 1. The number of allylic oxidation sites excluding steroid dienone is 1. The Hall–Kier alpha value is -0.870. The van der Waals surface area contributed by atoms with E-state index in [0.29, 0.717) is 0 Å². The molecule has 3 atom stereocenters. The lowest BCUT2D eigenvalue weighted by Gasteiger charge is -2.65. The van der Waals surface area contributed by atoms with Crippen LogP contribution in [0.3, 0.4) is 0 Å². The summed E-state index contributed by atoms with van der Waals surface area (Å²) in [6.45, 7) is 9.37. The zero-order chi connectivity index (χ0) is 15.0. The maximum absolute atomic E-state index is 12.8. The van der Waals surface area contributed by atoms with E-state index in [1.165, 1.54) is 0 Å². The number of unbranched alkanes of at least 4 members (excludes halogenated alkanes) is 1. The highest BCUT2D eigenvalue weighted by molar-refractivity contribution is 5.89. The zero-order valence-corrected chi connectivity index (χ0v) is 13.0. The Morgan fingerprint density at radius 3 is 2.90 bits per heavy atom. The molecule has 3 unspecified atom stereocenters. The summed E-state index contributed by atoms with van der Waals surface area (Å²) in [6.07, 6.45) is 5.88. The normalized spacial score (nSPS) is 34.8. The molecule has 0 radical (unpaired) electrons. The second-order valence-electron chi connectivity index (χ2n) is 6.79. The third-order valence-electron chi connectivity index (χ3n) is 5.29. The molecule has 0 spiro atoms. The lowest BCUT2D eigenvalue weighted by atomic mass is 9.46. The number of carbonyl (C=O) groups excluding carboxylic acids is 1. The minimum atomic E-state index is -0.777. The van der Waals surface area contributed by atoms with Crippen molar-refractivity contribution in [3.05, 3.63) is 12.7 Å². The van der Waals surface area contributed by atoms with Crippen molar-refractivity contribution in [2.24, 2.45) is 17.1 Å². The first-order valence-electron chi connectivity index (χ1n) is 7.64. The minimum absolute atomic E-state index is 0.0679. The number of fused-ring (bicyclic) bond motifs is 1. The quantitative estimate of drug-likeness (QED) is 0.618. The molecular weight excluding hydrogens is 252 g/mol. The van der Waals surface area contributed by atoms with Crippen LogP contribution in [-0.4, -0.2) is 42.6 Å². The predicted molar refractivity (Wildman–Crippen MR) is 80.2 cm³/mol. The van der Waals surface area contributed by atoms with Crippen LogP contribution in [0.2, 0.25) is 0 Å². The maximum atomic E-state index is 12.8. The van der Waals surface area contributed by atoms with E-state index in [4.69, 9.17) is 10.5 Å². The van der Waals surface area contributed by atoms with Gasteiger partial charge >= 0.3 is 0 Å². The fourth-order valence-corrected chi connectivity index (χ4v) is 3.90. The van der Waals surface area contributed by atoms with E-state index in [9.17, 15) is 4.79 Å². The Kier molecular flexibility index (Phi) is 4.26. The summed E-state index contributed by atoms with van der Waals surface area (Å²) in [5.41, 5.74) is 5.53. The van der Waals surface area contributed by atoms with Gasteiger partial charge in [0.25, 0.3) is 0 Å².